The van der Waals surface area contributed by atoms with Crippen LogP contribution in [0, 0.1) is 5.82 Å². The van der Waals surface area contributed by atoms with Crippen molar-refractivity contribution in [1.82, 2.24) is 14.9 Å². The van der Waals surface area contributed by atoms with Crippen molar-refractivity contribution in [2.75, 3.05) is 25.0 Å². The third-order valence-corrected chi connectivity index (χ3v) is 4.64. The molecule has 1 aliphatic heterocycles. The van der Waals surface area contributed by atoms with Gasteiger partial charge >= 0.3 is 5.97 Å². The maximum Gasteiger partial charge on any atom is 0.323 e. The first-order chi connectivity index (χ1) is 12.5. The topological polar surface area (TPSA) is 69.6 Å². The molecule has 1 N–H and O–H groups in total. The fraction of sp³-hybridized carbons (Fsp3) is 0.421. The Hall–Kier alpha value is -2.54. The van der Waals surface area contributed by atoms with Crippen LogP contribution in [0.4, 0.5) is 10.3 Å². The van der Waals surface area contributed by atoms with Gasteiger partial charge in [-0.2, -0.15) is 0 Å². The summed E-state index contributed by atoms with van der Waals surface area (Å²) >= 11 is 0. The van der Waals surface area contributed by atoms with E-state index in [0.717, 1.165) is 36.9 Å². The second-order valence-corrected chi connectivity index (χ2v) is 6.68. The average Bonchev–Trinajstić information content (AvgIpc) is 2.62. The van der Waals surface area contributed by atoms with E-state index in [-0.39, 0.29) is 18.4 Å². The molecular formula is C19H23FN4O2. The Balaban J connectivity index is 1.71. The van der Waals surface area contributed by atoms with Crippen LogP contribution in [-0.4, -0.2) is 46.1 Å². The molecule has 138 valence electrons. The van der Waals surface area contributed by atoms with E-state index < -0.39 is 5.97 Å². The zero-order valence-corrected chi connectivity index (χ0v) is 14.8. The van der Waals surface area contributed by atoms with Gasteiger partial charge in [-0.25, -0.2) is 14.4 Å². The molecular weight excluding hydrogens is 335 g/mol. The molecule has 7 heteroatoms. The lowest BCUT2D eigenvalue weighted by molar-refractivity contribution is -0.135. The quantitative estimate of drug-likeness (QED) is 0.856. The molecule has 2 heterocycles. The van der Waals surface area contributed by atoms with Gasteiger partial charge in [0.25, 0.3) is 0 Å². The number of piperidine rings is 1. The first kappa shape index (κ1) is 18.3. The second-order valence-electron chi connectivity index (χ2n) is 6.68. The summed E-state index contributed by atoms with van der Waals surface area (Å²) in [7, 11) is 1.65. The molecule has 6 nitrogen and oxygen atoms in total. The lowest BCUT2D eigenvalue weighted by Gasteiger charge is -2.36. The third kappa shape index (κ3) is 4.54. The van der Waals surface area contributed by atoms with Crippen LogP contribution in [0.2, 0.25) is 0 Å². The summed E-state index contributed by atoms with van der Waals surface area (Å²) in [6.07, 6.45) is 6.72. The predicted octanol–water partition coefficient (Wildman–Crippen LogP) is 2.86. The van der Waals surface area contributed by atoms with Crippen molar-refractivity contribution in [3.63, 3.8) is 0 Å². The number of halogens is 1. The SMILES string of the molecule is CN(CC(=O)O)c1ncc(CN2CCCC[C@@H]2c2cccc(F)c2)cn1. The Morgan fingerprint density at radius 1 is 1.35 bits per heavy atom. The predicted molar refractivity (Wildman–Crippen MR) is 96.3 cm³/mol. The van der Waals surface area contributed by atoms with E-state index >= 15 is 0 Å². The van der Waals surface area contributed by atoms with E-state index in [1.165, 1.54) is 11.0 Å². The summed E-state index contributed by atoms with van der Waals surface area (Å²) in [6.45, 7) is 1.49. The number of carbonyl (C=O) groups is 1. The first-order valence-corrected chi connectivity index (χ1v) is 8.76. The molecule has 26 heavy (non-hydrogen) atoms. The number of aromatic nitrogens is 2. The minimum Gasteiger partial charge on any atom is -0.480 e. The molecule has 1 atom stereocenters. The van der Waals surface area contributed by atoms with Crippen LogP contribution in [0.3, 0.4) is 0 Å². The summed E-state index contributed by atoms with van der Waals surface area (Å²) in [5.74, 6) is -0.745. The van der Waals surface area contributed by atoms with Gasteiger partial charge in [-0.3, -0.25) is 9.69 Å². The highest BCUT2D eigenvalue weighted by molar-refractivity contribution is 5.72. The van der Waals surface area contributed by atoms with E-state index in [1.807, 2.05) is 6.07 Å². The van der Waals surface area contributed by atoms with Crippen molar-refractivity contribution in [2.45, 2.75) is 31.8 Å². The zero-order chi connectivity index (χ0) is 18.5. The fourth-order valence-corrected chi connectivity index (χ4v) is 3.41. The van der Waals surface area contributed by atoms with Crippen molar-refractivity contribution in [3.05, 3.63) is 53.6 Å². The monoisotopic (exact) mass is 358 g/mol. The molecule has 0 radical (unpaired) electrons. The third-order valence-electron chi connectivity index (χ3n) is 4.64. The van der Waals surface area contributed by atoms with Crippen LogP contribution in [0.5, 0.6) is 0 Å². The summed E-state index contributed by atoms with van der Waals surface area (Å²) < 4.78 is 13.6. The first-order valence-electron chi connectivity index (χ1n) is 8.76. The molecule has 0 spiro atoms. The van der Waals surface area contributed by atoms with Crippen molar-refractivity contribution in [1.29, 1.82) is 0 Å². The maximum absolute atomic E-state index is 13.6. The standard InChI is InChI=1S/C19H23FN4O2/c1-23(13-18(25)26)19-21-10-14(11-22-19)12-24-8-3-2-7-17(24)15-5-4-6-16(20)9-15/h4-6,9-11,17H,2-3,7-8,12-13H2,1H3,(H,25,26)/t17-/m1/s1. The van der Waals surface area contributed by atoms with Crippen molar-refractivity contribution >= 4 is 11.9 Å². The number of carboxylic acid groups (broad SMARTS) is 1. The number of hydrogen-bond donors (Lipinski definition) is 1. The molecule has 0 saturated carbocycles. The Kier molecular flexibility index (Phi) is 5.78. The highest BCUT2D eigenvalue weighted by Gasteiger charge is 2.24. The molecule has 0 unspecified atom stereocenters. The number of aliphatic carboxylic acids is 1. The van der Waals surface area contributed by atoms with Gasteiger partial charge in [0, 0.05) is 37.6 Å². The van der Waals surface area contributed by atoms with Gasteiger partial charge in [-0.1, -0.05) is 18.6 Å². The molecule has 1 fully saturated rings. The maximum atomic E-state index is 13.6. The van der Waals surface area contributed by atoms with Gasteiger partial charge in [-0.15, -0.1) is 0 Å². The molecule has 3 rings (SSSR count). The van der Waals surface area contributed by atoms with E-state index in [2.05, 4.69) is 14.9 Å². The van der Waals surface area contributed by atoms with Gasteiger partial charge in [0.1, 0.15) is 12.4 Å². The zero-order valence-electron chi connectivity index (χ0n) is 14.8. The van der Waals surface area contributed by atoms with Crippen molar-refractivity contribution in [2.24, 2.45) is 0 Å². The average molecular weight is 358 g/mol. The van der Waals surface area contributed by atoms with E-state index in [0.29, 0.717) is 12.5 Å². The molecule has 1 aromatic carbocycles. The Morgan fingerprint density at radius 2 is 2.12 bits per heavy atom. The lowest BCUT2D eigenvalue weighted by Crippen LogP contribution is -2.33. The number of nitrogens with zero attached hydrogens (tertiary/aromatic N) is 4. The van der Waals surface area contributed by atoms with Crippen LogP contribution in [-0.2, 0) is 11.3 Å². The van der Waals surface area contributed by atoms with Crippen LogP contribution < -0.4 is 4.90 Å². The van der Waals surface area contributed by atoms with E-state index in [1.54, 1.807) is 31.6 Å². The van der Waals surface area contributed by atoms with Crippen molar-refractivity contribution < 1.29 is 14.3 Å². The van der Waals surface area contributed by atoms with Crippen LogP contribution in [0.1, 0.15) is 36.4 Å². The van der Waals surface area contributed by atoms with Gasteiger partial charge in [0.05, 0.1) is 0 Å². The van der Waals surface area contributed by atoms with Gasteiger partial charge < -0.3 is 10.0 Å². The van der Waals surface area contributed by atoms with Gasteiger partial charge in [0.15, 0.2) is 0 Å². The summed E-state index contributed by atoms with van der Waals surface area (Å²) in [4.78, 5) is 23.1. The normalized spacial score (nSPS) is 17.8. The van der Waals surface area contributed by atoms with Crippen LogP contribution in [0.25, 0.3) is 0 Å². The molecule has 1 aliphatic rings. The van der Waals surface area contributed by atoms with E-state index in [4.69, 9.17) is 5.11 Å². The molecule has 0 aliphatic carbocycles. The number of benzene rings is 1. The Morgan fingerprint density at radius 3 is 2.81 bits per heavy atom. The van der Waals surface area contributed by atoms with Crippen LogP contribution in [0.15, 0.2) is 36.7 Å². The highest BCUT2D eigenvalue weighted by atomic mass is 19.1. The van der Waals surface area contributed by atoms with Gasteiger partial charge in [0.2, 0.25) is 5.95 Å². The lowest BCUT2D eigenvalue weighted by atomic mass is 9.95. The highest BCUT2D eigenvalue weighted by Crippen LogP contribution is 2.32. The molecule has 1 aromatic heterocycles. The largest absolute Gasteiger partial charge is 0.480 e. The molecule has 0 amide bonds. The summed E-state index contributed by atoms with van der Waals surface area (Å²) in [5, 5.41) is 8.84. The Labute approximate surface area is 152 Å². The summed E-state index contributed by atoms with van der Waals surface area (Å²) in [6, 6.07) is 7.01. The minimum absolute atomic E-state index is 0.146. The number of likely N-dealkylation sites (tertiary alicyclic amines) is 1. The van der Waals surface area contributed by atoms with Crippen LogP contribution >= 0.6 is 0 Å². The number of anilines is 1. The molecule has 0 bridgehead atoms. The smallest absolute Gasteiger partial charge is 0.323 e. The summed E-state index contributed by atoms with van der Waals surface area (Å²) in [5.41, 5.74) is 1.96. The molecule has 1 saturated heterocycles. The number of hydrogen-bond acceptors (Lipinski definition) is 5. The Bertz CT molecular complexity index is 753. The second kappa shape index (κ2) is 8.23. The van der Waals surface area contributed by atoms with Gasteiger partial charge in [-0.05, 0) is 37.1 Å². The fourth-order valence-electron chi connectivity index (χ4n) is 3.41. The molecule has 2 aromatic rings. The van der Waals surface area contributed by atoms with Crippen molar-refractivity contribution in [3.8, 4) is 0 Å². The number of rotatable bonds is 6. The van der Waals surface area contributed by atoms with E-state index in [9.17, 15) is 9.18 Å². The number of likely N-dealkylation sites (N-methyl/N-ethyl adjacent to an activating group) is 1. The minimum atomic E-state index is -0.925. The number of carboxylic acids is 1.